The third-order valence-electron chi connectivity index (χ3n) is 5.92. The van der Waals surface area contributed by atoms with Gasteiger partial charge in [-0.15, -0.1) is 0 Å². The second kappa shape index (κ2) is 12.7. The molecule has 1 N–H and O–H groups in total. The van der Waals surface area contributed by atoms with Crippen molar-refractivity contribution in [2.45, 2.75) is 0 Å². The summed E-state index contributed by atoms with van der Waals surface area (Å²) in [7, 11) is -0.202. The zero-order valence-corrected chi connectivity index (χ0v) is 23.3. The number of methoxy groups -OCH3 is 2. The van der Waals surface area contributed by atoms with Crippen molar-refractivity contribution in [1.82, 2.24) is 14.9 Å². The third-order valence-corrected chi connectivity index (χ3v) is 6.67. The van der Waals surface area contributed by atoms with Gasteiger partial charge in [0.15, 0.2) is 22.4 Å². The summed E-state index contributed by atoms with van der Waals surface area (Å²) < 4.78 is 37.2. The average molecular weight is 583 g/mol. The lowest BCUT2D eigenvalue weighted by Crippen LogP contribution is -2.18. The molecule has 5 rings (SSSR count). The van der Waals surface area contributed by atoms with Crippen LogP contribution in [0.15, 0.2) is 107 Å². The molecule has 0 aliphatic carbocycles. The summed E-state index contributed by atoms with van der Waals surface area (Å²) in [5.41, 5.74) is 2.41. The molecule has 4 aromatic carbocycles. The molecule has 0 radical (unpaired) electrons. The van der Waals surface area contributed by atoms with Gasteiger partial charge in [0.2, 0.25) is 20.9 Å². The highest BCUT2D eigenvalue weighted by Gasteiger charge is 2.22. The summed E-state index contributed by atoms with van der Waals surface area (Å²) in [5.74, 6) is 0.667. The number of benzene rings is 4. The van der Waals surface area contributed by atoms with Crippen LogP contribution in [0, 0.1) is 0 Å². The molecule has 0 unspecified atom stereocenters. The first-order chi connectivity index (χ1) is 20.4. The number of carbonyl (C=O) groups is 1. The lowest BCUT2D eigenvalue weighted by molar-refractivity contribution is 0.0992. The molecule has 210 valence electrons. The SMILES string of the molecule is COc1cc(Nc2nc3ccccc3nc2N(c2cccc(N=[N+]=NC(=O)c3ccccc3)c2)[SH](=O)=O)cc(OC)c1. The average Bonchev–Trinajstić information content (AvgIpc) is 3.01. The van der Waals surface area contributed by atoms with Crippen LogP contribution < -0.4 is 24.0 Å². The van der Waals surface area contributed by atoms with Crippen molar-refractivity contribution < 1.29 is 22.7 Å². The van der Waals surface area contributed by atoms with Gasteiger partial charge in [-0.3, -0.25) is 4.79 Å². The summed E-state index contributed by atoms with van der Waals surface area (Å²) in [6.45, 7) is 0. The van der Waals surface area contributed by atoms with Gasteiger partial charge in [-0.2, -0.15) is 0 Å². The van der Waals surface area contributed by atoms with Crippen molar-refractivity contribution >= 4 is 56.5 Å². The van der Waals surface area contributed by atoms with E-state index < -0.39 is 16.8 Å². The van der Waals surface area contributed by atoms with E-state index >= 15 is 0 Å². The van der Waals surface area contributed by atoms with Gasteiger partial charge in [0, 0.05) is 29.4 Å². The second-order valence-corrected chi connectivity index (χ2v) is 9.52. The van der Waals surface area contributed by atoms with Gasteiger partial charge in [0.1, 0.15) is 11.5 Å². The largest absolute Gasteiger partial charge is 0.497 e. The van der Waals surface area contributed by atoms with Crippen LogP contribution in [0.1, 0.15) is 10.4 Å². The lowest BCUT2D eigenvalue weighted by Gasteiger charge is -2.20. The van der Waals surface area contributed by atoms with Crippen LogP contribution in [-0.2, 0) is 10.9 Å². The van der Waals surface area contributed by atoms with Gasteiger partial charge in [0.05, 0.1) is 30.9 Å². The van der Waals surface area contributed by atoms with Gasteiger partial charge < -0.3 is 14.8 Å². The Labute approximate surface area is 242 Å². The Morgan fingerprint density at radius 1 is 0.833 bits per heavy atom. The van der Waals surface area contributed by atoms with E-state index in [9.17, 15) is 13.2 Å². The molecule has 42 heavy (non-hydrogen) atoms. The molecule has 0 fully saturated rings. The van der Waals surface area contributed by atoms with Crippen molar-refractivity contribution in [3.05, 3.63) is 103 Å². The quantitative estimate of drug-likeness (QED) is 0.131. The molecule has 0 saturated carbocycles. The van der Waals surface area contributed by atoms with E-state index in [4.69, 9.17) is 9.47 Å². The number of rotatable bonds is 9. The summed E-state index contributed by atoms with van der Waals surface area (Å²) in [5, 5.41) is 10.8. The maximum Gasteiger partial charge on any atom is 0.360 e. The normalized spacial score (nSPS) is 10.5. The molecule has 13 heteroatoms. The third kappa shape index (κ3) is 6.39. The van der Waals surface area contributed by atoms with Crippen LogP contribution in [0.4, 0.5) is 28.7 Å². The minimum Gasteiger partial charge on any atom is -0.497 e. The van der Waals surface area contributed by atoms with Crippen molar-refractivity contribution in [3.63, 3.8) is 0 Å². The second-order valence-electron chi connectivity index (χ2n) is 8.64. The fraction of sp³-hybridized carbons (Fsp3) is 0.0690. The maximum atomic E-state index is 12.7. The predicted molar refractivity (Wildman–Crippen MR) is 159 cm³/mol. The molecule has 0 saturated heterocycles. The molecule has 1 amide bonds. The fourth-order valence-corrected chi connectivity index (χ4v) is 4.58. The van der Waals surface area contributed by atoms with E-state index in [-0.39, 0.29) is 23.0 Å². The van der Waals surface area contributed by atoms with E-state index in [2.05, 4.69) is 30.4 Å². The number of aromatic nitrogens is 2. The van der Waals surface area contributed by atoms with E-state index in [1.54, 1.807) is 84.9 Å². The molecule has 5 aromatic rings. The number of fused-ring (bicyclic) bond motifs is 1. The summed E-state index contributed by atoms with van der Waals surface area (Å²) >= 11 is 0. The Hall–Kier alpha value is -5.65. The molecule has 0 spiro atoms. The summed E-state index contributed by atoms with van der Waals surface area (Å²) in [4.78, 5) is 25.2. The Morgan fingerprint density at radius 3 is 2.17 bits per heavy atom. The van der Waals surface area contributed by atoms with Crippen LogP contribution in [0.2, 0.25) is 0 Å². The first kappa shape index (κ1) is 27.9. The van der Waals surface area contributed by atoms with Crippen molar-refractivity contribution in [2.24, 2.45) is 10.2 Å². The molecule has 0 aliphatic heterocycles. The predicted octanol–water partition coefficient (Wildman–Crippen LogP) is 5.50. The minimum absolute atomic E-state index is 0.0182. The zero-order valence-electron chi connectivity index (χ0n) is 22.4. The summed E-state index contributed by atoms with van der Waals surface area (Å²) in [6.07, 6.45) is 0. The number of amides is 1. The van der Waals surface area contributed by atoms with Crippen molar-refractivity contribution in [2.75, 3.05) is 23.8 Å². The van der Waals surface area contributed by atoms with E-state index in [0.29, 0.717) is 33.8 Å². The van der Waals surface area contributed by atoms with Crippen LogP contribution in [0.5, 0.6) is 11.5 Å². The Bertz CT molecular complexity index is 1880. The number of para-hydroxylation sites is 2. The molecule has 0 atom stereocenters. The minimum atomic E-state index is -3.26. The van der Waals surface area contributed by atoms with Gasteiger partial charge in [-0.1, -0.05) is 36.4 Å². The van der Waals surface area contributed by atoms with Gasteiger partial charge in [-0.05, 0) is 42.5 Å². The van der Waals surface area contributed by atoms with Crippen molar-refractivity contribution in [1.29, 1.82) is 0 Å². The lowest BCUT2D eigenvalue weighted by atomic mass is 10.2. The number of carbonyl (C=O) groups excluding carboxylic acids is 1. The number of anilines is 4. The monoisotopic (exact) mass is 582 g/mol. The number of nitrogens with zero attached hydrogens (tertiary/aromatic N) is 6. The number of ether oxygens (including phenoxy) is 2. The Morgan fingerprint density at radius 2 is 1.50 bits per heavy atom. The van der Waals surface area contributed by atoms with Gasteiger partial charge in [0.25, 0.3) is 0 Å². The molecule has 1 aromatic heterocycles. The van der Waals surface area contributed by atoms with Crippen LogP contribution in [0.25, 0.3) is 11.0 Å². The highest BCUT2D eigenvalue weighted by Crippen LogP contribution is 2.36. The van der Waals surface area contributed by atoms with Gasteiger partial charge in [-0.25, -0.2) is 22.7 Å². The van der Waals surface area contributed by atoms with Gasteiger partial charge >= 0.3 is 5.91 Å². The molecule has 0 bridgehead atoms. The Kier molecular flexibility index (Phi) is 8.42. The molecular formula is C29H24N7O5S+. The summed E-state index contributed by atoms with van der Waals surface area (Å²) in [6, 6.07) is 26.9. The first-order valence-electron chi connectivity index (χ1n) is 12.5. The van der Waals surface area contributed by atoms with E-state index in [1.165, 1.54) is 20.3 Å². The number of hydrogen-bond acceptors (Lipinski definition) is 9. The van der Waals surface area contributed by atoms with E-state index in [0.717, 1.165) is 4.31 Å². The topological polar surface area (TPSA) is 150 Å². The number of thiol groups is 1. The highest BCUT2D eigenvalue weighted by molar-refractivity contribution is 7.74. The number of nitrogens with one attached hydrogen (secondary N) is 1. The number of hydrogen-bond donors (Lipinski definition) is 2. The first-order valence-corrected chi connectivity index (χ1v) is 13.6. The zero-order chi connectivity index (χ0) is 29.5. The van der Waals surface area contributed by atoms with Crippen LogP contribution >= 0.6 is 0 Å². The molecular weight excluding hydrogens is 558 g/mol. The van der Waals surface area contributed by atoms with E-state index in [1.807, 2.05) is 6.07 Å². The molecule has 12 nitrogen and oxygen atoms in total. The fourth-order valence-electron chi connectivity index (χ4n) is 3.97. The van der Waals surface area contributed by atoms with Crippen LogP contribution in [-0.4, -0.2) is 38.5 Å². The van der Waals surface area contributed by atoms with Crippen molar-refractivity contribution in [3.8, 4) is 11.5 Å². The highest BCUT2D eigenvalue weighted by atomic mass is 32.2. The smallest absolute Gasteiger partial charge is 0.360 e. The standard InChI is InChI=1S/C29H23N7O5S/c1-40-23-16-21(17-24(18-23)41-2)30-27-28(32-26-14-7-6-13-25(26)31-27)36(42(38)39)22-12-8-11-20(15-22)33-35-34-29(37)19-9-4-3-5-10-19/h3-18,42H,1-2H3/p+1. The maximum absolute atomic E-state index is 12.7. The molecule has 1 heterocycles. The van der Waals surface area contributed by atoms with Crippen LogP contribution in [0.3, 0.4) is 0 Å². The Balaban J connectivity index is 1.56. The molecule has 0 aliphatic rings.